The molecule has 0 saturated carbocycles. The van der Waals surface area contributed by atoms with E-state index in [1.54, 1.807) is 30.4 Å². The van der Waals surface area contributed by atoms with Crippen molar-refractivity contribution in [3.05, 3.63) is 49.2 Å². The van der Waals surface area contributed by atoms with Gasteiger partial charge in [-0.05, 0) is 12.2 Å². The number of hydrazine groups is 1. The van der Waals surface area contributed by atoms with Gasteiger partial charge in [-0.3, -0.25) is 5.84 Å². The highest BCUT2D eigenvalue weighted by atomic mass is 15.2. The number of allylic oxidation sites excluding steroid dienone is 5. The molecule has 0 aliphatic carbocycles. The number of hydrogen-bond donors (Lipinski definition) is 2. The molecule has 0 aromatic carbocycles. The molecular weight excluding hydrogens is 172 g/mol. The van der Waals surface area contributed by atoms with E-state index in [0.29, 0.717) is 0 Å². The van der Waals surface area contributed by atoms with Crippen LogP contribution in [0.1, 0.15) is 27.7 Å². The average molecular weight is 196 g/mol. The van der Waals surface area contributed by atoms with Crippen LogP contribution in [0.5, 0.6) is 0 Å². The minimum Gasteiger partial charge on any atom is -0.324 e. The lowest BCUT2D eigenvalue weighted by Crippen LogP contribution is -2.19. The lowest BCUT2D eigenvalue weighted by Gasteiger charge is -1.95. The highest BCUT2D eigenvalue weighted by Crippen LogP contribution is 1.89. The van der Waals surface area contributed by atoms with E-state index < -0.39 is 0 Å². The van der Waals surface area contributed by atoms with Gasteiger partial charge in [-0.2, -0.15) is 0 Å². The van der Waals surface area contributed by atoms with Crippen LogP contribution >= 0.6 is 0 Å². The van der Waals surface area contributed by atoms with Crippen molar-refractivity contribution in [1.29, 1.82) is 0 Å². The lowest BCUT2D eigenvalue weighted by molar-refractivity contribution is 0.917. The normalized spacial score (nSPS) is 9.07. The molecule has 0 unspecified atom stereocenters. The van der Waals surface area contributed by atoms with Crippen LogP contribution in [0.15, 0.2) is 49.2 Å². The first-order valence-corrected chi connectivity index (χ1v) is 4.93. The van der Waals surface area contributed by atoms with Gasteiger partial charge in [-0.15, -0.1) is 0 Å². The topological polar surface area (TPSA) is 38.0 Å². The van der Waals surface area contributed by atoms with Crippen LogP contribution in [0.3, 0.4) is 0 Å². The SMILES string of the molecule is C=C/C=C\C(=C/C=C)NN.CC.CC. The first-order chi connectivity index (χ1) is 6.85. The van der Waals surface area contributed by atoms with Gasteiger partial charge in [0.2, 0.25) is 0 Å². The van der Waals surface area contributed by atoms with Crippen molar-refractivity contribution >= 4 is 0 Å². The number of nitrogens with two attached hydrogens (primary N) is 1. The smallest absolute Gasteiger partial charge is 0.0484 e. The van der Waals surface area contributed by atoms with Gasteiger partial charge >= 0.3 is 0 Å². The molecule has 0 saturated heterocycles. The molecule has 3 N–H and O–H groups in total. The summed E-state index contributed by atoms with van der Waals surface area (Å²) in [6, 6.07) is 0. The largest absolute Gasteiger partial charge is 0.324 e. The molecule has 0 rings (SSSR count). The molecule has 0 spiro atoms. The van der Waals surface area contributed by atoms with Gasteiger partial charge in [0, 0.05) is 5.70 Å². The van der Waals surface area contributed by atoms with Crippen LogP contribution in [0.4, 0.5) is 0 Å². The summed E-state index contributed by atoms with van der Waals surface area (Å²) < 4.78 is 0. The first kappa shape index (κ1) is 18.5. The molecule has 0 atom stereocenters. The summed E-state index contributed by atoms with van der Waals surface area (Å²) in [5.41, 5.74) is 3.29. The first-order valence-electron chi connectivity index (χ1n) is 4.93. The van der Waals surface area contributed by atoms with E-state index >= 15 is 0 Å². The van der Waals surface area contributed by atoms with Crippen molar-refractivity contribution < 1.29 is 0 Å². The third kappa shape index (κ3) is 17.0. The monoisotopic (exact) mass is 196 g/mol. The Kier molecular flexibility index (Phi) is 29.9. The van der Waals surface area contributed by atoms with Crippen molar-refractivity contribution in [2.45, 2.75) is 27.7 Å². The van der Waals surface area contributed by atoms with Gasteiger partial charge in [0.05, 0.1) is 0 Å². The second-order valence-electron chi connectivity index (χ2n) is 1.60. The van der Waals surface area contributed by atoms with E-state index in [1.807, 2.05) is 27.7 Å². The molecule has 0 aliphatic rings. The zero-order chi connectivity index (χ0) is 11.8. The minimum absolute atomic E-state index is 0.801. The second kappa shape index (κ2) is 22.6. The van der Waals surface area contributed by atoms with Gasteiger partial charge in [0.25, 0.3) is 0 Å². The molecule has 0 aliphatic heterocycles. The summed E-state index contributed by atoms with van der Waals surface area (Å²) in [6.45, 7) is 15.0. The Morgan fingerprint density at radius 3 is 1.86 bits per heavy atom. The Balaban J connectivity index is -0.000000266. The Morgan fingerprint density at radius 1 is 1.07 bits per heavy atom. The Bertz CT molecular complexity index is 167. The van der Waals surface area contributed by atoms with Crippen molar-refractivity contribution in [3.63, 3.8) is 0 Å². The van der Waals surface area contributed by atoms with Gasteiger partial charge in [0.1, 0.15) is 0 Å². The maximum absolute atomic E-state index is 5.15. The fraction of sp³-hybridized carbons (Fsp3) is 0.333. The maximum Gasteiger partial charge on any atom is 0.0484 e. The summed E-state index contributed by atoms with van der Waals surface area (Å²) in [5, 5.41) is 0. The van der Waals surface area contributed by atoms with Gasteiger partial charge in [-0.1, -0.05) is 59.1 Å². The van der Waals surface area contributed by atoms with E-state index in [0.717, 1.165) is 5.70 Å². The van der Waals surface area contributed by atoms with Crippen LogP contribution in [-0.2, 0) is 0 Å². The van der Waals surface area contributed by atoms with Gasteiger partial charge in [-0.25, -0.2) is 0 Å². The van der Waals surface area contributed by atoms with Crippen molar-refractivity contribution in [2.75, 3.05) is 0 Å². The predicted octanol–water partition coefficient (Wildman–Crippen LogP) is 3.31. The quantitative estimate of drug-likeness (QED) is 0.411. The van der Waals surface area contributed by atoms with Crippen LogP contribution in [0.2, 0.25) is 0 Å². The molecule has 0 bridgehead atoms. The summed E-state index contributed by atoms with van der Waals surface area (Å²) in [6.07, 6.45) is 8.68. The number of rotatable bonds is 4. The summed E-state index contributed by atoms with van der Waals surface area (Å²) in [4.78, 5) is 0. The fourth-order valence-electron chi connectivity index (χ4n) is 0.450. The van der Waals surface area contributed by atoms with Gasteiger partial charge < -0.3 is 5.43 Å². The number of nitrogens with one attached hydrogen (secondary N) is 1. The molecule has 0 aromatic rings. The third-order valence-electron chi connectivity index (χ3n) is 0.876. The minimum atomic E-state index is 0.801. The van der Waals surface area contributed by atoms with Gasteiger partial charge in [0.15, 0.2) is 0 Å². The lowest BCUT2D eigenvalue weighted by atomic mass is 10.3. The van der Waals surface area contributed by atoms with E-state index in [-0.39, 0.29) is 0 Å². The molecule has 0 heterocycles. The molecule has 0 aromatic heterocycles. The van der Waals surface area contributed by atoms with E-state index in [2.05, 4.69) is 18.6 Å². The van der Waals surface area contributed by atoms with Crippen LogP contribution in [0, 0.1) is 0 Å². The van der Waals surface area contributed by atoms with E-state index in [9.17, 15) is 0 Å². The van der Waals surface area contributed by atoms with Crippen molar-refractivity contribution in [2.24, 2.45) is 5.84 Å². The summed E-state index contributed by atoms with van der Waals surface area (Å²) >= 11 is 0. The van der Waals surface area contributed by atoms with Crippen molar-refractivity contribution in [3.8, 4) is 0 Å². The van der Waals surface area contributed by atoms with E-state index in [4.69, 9.17) is 5.84 Å². The standard InChI is InChI=1S/C8H12N2.2C2H6/c1-3-5-7-8(10-9)6-4-2;2*1-2/h3-7,10H,1-2,9H2;2*1-2H3/b7-5-,8-6+;;. The third-order valence-corrected chi connectivity index (χ3v) is 0.876. The number of hydrogen-bond acceptors (Lipinski definition) is 2. The van der Waals surface area contributed by atoms with E-state index in [1.165, 1.54) is 0 Å². The molecule has 2 heteroatoms. The molecule has 0 amide bonds. The zero-order valence-corrected chi connectivity index (χ0v) is 9.88. The zero-order valence-electron chi connectivity index (χ0n) is 9.88. The predicted molar refractivity (Wildman–Crippen MR) is 67.6 cm³/mol. The molecule has 0 fully saturated rings. The van der Waals surface area contributed by atoms with Crippen LogP contribution in [-0.4, -0.2) is 0 Å². The van der Waals surface area contributed by atoms with Crippen LogP contribution in [0.25, 0.3) is 0 Å². The maximum atomic E-state index is 5.15. The average Bonchev–Trinajstić information content (AvgIpc) is 2.29. The Hall–Kier alpha value is -1.28. The summed E-state index contributed by atoms with van der Waals surface area (Å²) in [5.74, 6) is 5.15. The molecule has 0 radical (unpaired) electrons. The van der Waals surface area contributed by atoms with Crippen molar-refractivity contribution in [1.82, 2.24) is 5.43 Å². The second-order valence-corrected chi connectivity index (χ2v) is 1.60. The summed E-state index contributed by atoms with van der Waals surface area (Å²) in [7, 11) is 0. The molecule has 2 nitrogen and oxygen atoms in total. The highest BCUT2D eigenvalue weighted by Gasteiger charge is 1.79. The highest BCUT2D eigenvalue weighted by molar-refractivity contribution is 5.22. The Morgan fingerprint density at radius 2 is 1.57 bits per heavy atom. The molecule has 82 valence electrons. The molecular formula is C12H24N2. The molecule has 14 heavy (non-hydrogen) atoms. The fourth-order valence-corrected chi connectivity index (χ4v) is 0.450. The van der Waals surface area contributed by atoms with Crippen LogP contribution < -0.4 is 11.3 Å². The Labute approximate surface area is 88.9 Å².